The summed E-state index contributed by atoms with van der Waals surface area (Å²) in [6.07, 6.45) is -3.50. The van der Waals surface area contributed by atoms with E-state index < -0.39 is 29.9 Å². The first-order valence-corrected chi connectivity index (χ1v) is 11.6. The largest absolute Gasteiger partial charge is 0.434 e. The van der Waals surface area contributed by atoms with Gasteiger partial charge in [-0.05, 0) is 47.0 Å². The van der Waals surface area contributed by atoms with Crippen LogP contribution in [0.5, 0.6) is 5.75 Å². The van der Waals surface area contributed by atoms with Crippen molar-refractivity contribution in [2.45, 2.75) is 12.8 Å². The predicted octanol–water partition coefficient (Wildman–Crippen LogP) is 8.81. The molecule has 0 radical (unpaired) electrons. The molecule has 0 spiro atoms. The summed E-state index contributed by atoms with van der Waals surface area (Å²) in [4.78, 5) is 13.4. The molecule has 4 rings (SSSR count). The number of alkyl halides is 5. The molecule has 0 saturated heterocycles. The Morgan fingerprint density at radius 2 is 1.47 bits per heavy atom. The minimum Gasteiger partial charge on any atom is -0.434 e. The van der Waals surface area contributed by atoms with Crippen LogP contribution in [0.2, 0.25) is 5.02 Å². The first kappa shape index (κ1) is 26.9. The number of carbonyl (C=O) groups is 1. The monoisotopic (exact) mass is 543 g/mol. The van der Waals surface area contributed by atoms with Crippen molar-refractivity contribution in [1.29, 1.82) is 0 Å². The fraction of sp³-hybridized carbons (Fsp3) is 0.0690. The molecule has 0 heterocycles. The molecular weight excluding hydrogens is 525 g/mol. The minimum atomic E-state index is -4.79. The van der Waals surface area contributed by atoms with Crippen LogP contribution in [0, 0.1) is 0 Å². The number of anilines is 1. The predicted molar refractivity (Wildman–Crippen MR) is 138 cm³/mol. The van der Waals surface area contributed by atoms with E-state index in [0.717, 1.165) is 17.2 Å². The zero-order valence-corrected chi connectivity index (χ0v) is 20.2. The van der Waals surface area contributed by atoms with Crippen molar-refractivity contribution in [3.63, 3.8) is 0 Å². The van der Waals surface area contributed by atoms with Gasteiger partial charge in [0, 0.05) is 16.2 Å². The van der Waals surface area contributed by atoms with Gasteiger partial charge in [-0.1, -0.05) is 84.4 Å². The maximum absolute atomic E-state index is 13.6. The van der Waals surface area contributed by atoms with Gasteiger partial charge in [0.1, 0.15) is 5.75 Å². The zero-order chi connectivity index (χ0) is 27.3. The first-order chi connectivity index (χ1) is 18.1. The van der Waals surface area contributed by atoms with Gasteiger partial charge in [-0.15, -0.1) is 0 Å². The van der Waals surface area contributed by atoms with Crippen molar-refractivity contribution < 1.29 is 31.5 Å². The van der Waals surface area contributed by atoms with E-state index in [4.69, 9.17) is 11.6 Å². The lowest BCUT2D eigenvalue weighted by Gasteiger charge is -2.16. The first-order valence-electron chi connectivity index (χ1n) is 11.2. The number of benzene rings is 4. The molecule has 0 aromatic heterocycles. The number of nitrogens with one attached hydrogen (secondary N) is 1. The van der Waals surface area contributed by atoms with Gasteiger partial charge in [0.05, 0.1) is 11.3 Å². The van der Waals surface area contributed by atoms with Crippen molar-refractivity contribution >= 4 is 34.8 Å². The number of hydrogen-bond acceptors (Lipinski definition) is 2. The quantitative estimate of drug-likeness (QED) is 0.144. The molecule has 0 fully saturated rings. The molecule has 0 aliphatic carbocycles. The molecule has 1 N–H and O–H groups in total. The molecule has 0 saturated carbocycles. The number of para-hydroxylation sites is 1. The molecule has 4 aromatic carbocycles. The third kappa shape index (κ3) is 6.58. The van der Waals surface area contributed by atoms with Gasteiger partial charge in [0.25, 0.3) is 5.91 Å². The van der Waals surface area contributed by atoms with Gasteiger partial charge in [0.2, 0.25) is 0 Å². The van der Waals surface area contributed by atoms with Crippen LogP contribution in [-0.4, -0.2) is 12.5 Å². The smallest absolute Gasteiger partial charge is 0.418 e. The lowest BCUT2D eigenvalue weighted by atomic mass is 9.98. The number of rotatable bonds is 7. The summed E-state index contributed by atoms with van der Waals surface area (Å²) < 4.78 is 71.3. The fourth-order valence-corrected chi connectivity index (χ4v) is 3.93. The lowest BCUT2D eigenvalue weighted by Crippen LogP contribution is -2.18. The average molecular weight is 544 g/mol. The van der Waals surface area contributed by atoms with Gasteiger partial charge in [0.15, 0.2) is 0 Å². The summed E-state index contributed by atoms with van der Waals surface area (Å²) in [7, 11) is 0. The topological polar surface area (TPSA) is 38.3 Å². The number of amides is 1. The Kier molecular flexibility index (Phi) is 8.12. The molecule has 1 amide bonds. The van der Waals surface area contributed by atoms with Crippen molar-refractivity contribution in [2.75, 3.05) is 5.32 Å². The highest BCUT2D eigenvalue weighted by Crippen LogP contribution is 2.37. The van der Waals surface area contributed by atoms with E-state index in [1.54, 1.807) is 30.3 Å². The van der Waals surface area contributed by atoms with Crippen LogP contribution in [-0.2, 0) is 11.0 Å². The summed E-state index contributed by atoms with van der Waals surface area (Å²) in [6, 6.07) is 24.9. The van der Waals surface area contributed by atoms with Crippen LogP contribution < -0.4 is 10.1 Å². The Morgan fingerprint density at radius 1 is 0.842 bits per heavy atom. The number of halogens is 6. The van der Waals surface area contributed by atoms with E-state index in [9.17, 15) is 26.7 Å². The molecule has 0 unspecified atom stereocenters. The van der Waals surface area contributed by atoms with Gasteiger partial charge >= 0.3 is 12.8 Å². The second-order valence-electron chi connectivity index (χ2n) is 8.06. The molecule has 38 heavy (non-hydrogen) atoms. The third-order valence-electron chi connectivity index (χ3n) is 5.52. The number of ether oxygens (including phenoxy) is 1. The summed E-state index contributed by atoms with van der Waals surface area (Å²) in [5, 5.41) is 2.14. The molecule has 0 bridgehead atoms. The van der Waals surface area contributed by atoms with Crippen molar-refractivity contribution in [3.05, 3.63) is 119 Å². The summed E-state index contributed by atoms with van der Waals surface area (Å²) in [6.45, 7) is -3.12. The van der Waals surface area contributed by atoms with E-state index in [1.165, 1.54) is 30.3 Å². The molecule has 4 aromatic rings. The fourth-order valence-electron chi connectivity index (χ4n) is 3.76. The molecular formula is C29H19ClF5NO2. The Balaban J connectivity index is 1.78. The van der Waals surface area contributed by atoms with Crippen molar-refractivity contribution in [2.24, 2.45) is 0 Å². The van der Waals surface area contributed by atoms with E-state index in [-0.39, 0.29) is 21.9 Å². The van der Waals surface area contributed by atoms with Gasteiger partial charge in [-0.3, -0.25) is 4.79 Å². The highest BCUT2D eigenvalue weighted by molar-refractivity contribution is 6.31. The van der Waals surface area contributed by atoms with E-state index in [2.05, 4.69) is 10.1 Å². The second kappa shape index (κ2) is 11.5. The van der Waals surface area contributed by atoms with Gasteiger partial charge in [-0.25, -0.2) is 0 Å². The standard InChI is InChI=1S/C29H19ClF5NO2/c30-22-14-15-25(24(17-22)29(33,34)35)36-27(37)23(16-21-8-4-5-9-26(21)38-28(31)32)20-12-10-19(11-13-20)18-6-2-1-3-7-18/h1-17,28H,(H,36,37). The van der Waals surface area contributed by atoms with Crippen molar-refractivity contribution in [1.82, 2.24) is 0 Å². The van der Waals surface area contributed by atoms with Crippen LogP contribution in [0.25, 0.3) is 22.8 Å². The number of hydrogen-bond donors (Lipinski definition) is 1. The average Bonchev–Trinajstić information content (AvgIpc) is 2.89. The molecule has 0 aliphatic rings. The summed E-state index contributed by atoms with van der Waals surface area (Å²) in [5.74, 6) is -1.09. The Labute approximate surface area is 220 Å². The molecule has 194 valence electrons. The molecule has 0 aliphatic heterocycles. The second-order valence-corrected chi connectivity index (χ2v) is 8.50. The van der Waals surface area contributed by atoms with E-state index in [1.807, 2.05) is 30.3 Å². The third-order valence-corrected chi connectivity index (χ3v) is 5.75. The Bertz CT molecular complexity index is 1450. The molecule has 3 nitrogen and oxygen atoms in total. The minimum absolute atomic E-state index is 0.0713. The maximum atomic E-state index is 13.6. The Hall–Kier alpha value is -4.17. The van der Waals surface area contributed by atoms with E-state index >= 15 is 0 Å². The SMILES string of the molecule is O=C(Nc1ccc(Cl)cc1C(F)(F)F)C(=Cc1ccccc1OC(F)F)c1ccc(-c2ccccc2)cc1. The van der Waals surface area contributed by atoms with Crippen LogP contribution in [0.15, 0.2) is 97.1 Å². The van der Waals surface area contributed by atoms with Crippen LogP contribution in [0.3, 0.4) is 0 Å². The van der Waals surface area contributed by atoms with E-state index in [0.29, 0.717) is 11.6 Å². The van der Waals surface area contributed by atoms with Gasteiger partial charge < -0.3 is 10.1 Å². The van der Waals surface area contributed by atoms with Crippen LogP contribution in [0.4, 0.5) is 27.6 Å². The highest BCUT2D eigenvalue weighted by atomic mass is 35.5. The molecule has 9 heteroatoms. The van der Waals surface area contributed by atoms with Crippen molar-refractivity contribution in [3.8, 4) is 16.9 Å². The zero-order valence-electron chi connectivity index (χ0n) is 19.5. The highest BCUT2D eigenvalue weighted by Gasteiger charge is 2.34. The number of carbonyl (C=O) groups excluding carboxylic acids is 1. The van der Waals surface area contributed by atoms with Crippen LogP contribution in [0.1, 0.15) is 16.7 Å². The summed E-state index contributed by atoms with van der Waals surface area (Å²) in [5.41, 5.74) is 0.537. The summed E-state index contributed by atoms with van der Waals surface area (Å²) >= 11 is 5.75. The maximum Gasteiger partial charge on any atom is 0.418 e. The lowest BCUT2D eigenvalue weighted by molar-refractivity contribution is -0.137. The van der Waals surface area contributed by atoms with Gasteiger partial charge in [-0.2, -0.15) is 22.0 Å². The Morgan fingerprint density at radius 3 is 2.13 bits per heavy atom. The van der Waals surface area contributed by atoms with Crippen LogP contribution >= 0.6 is 11.6 Å². The molecule has 0 atom stereocenters. The normalized spacial score (nSPS) is 11.9.